The van der Waals surface area contributed by atoms with E-state index in [1.807, 2.05) is 0 Å². The van der Waals surface area contributed by atoms with E-state index in [2.05, 4.69) is 0 Å². The van der Waals surface area contributed by atoms with Crippen LogP contribution in [0.15, 0.2) is 30.3 Å². The first kappa shape index (κ1) is 10.2. The fraction of sp³-hybridized carbons (Fsp3) is 0. The van der Waals surface area contributed by atoms with Crippen LogP contribution in [0, 0.1) is 0 Å². The number of anilines is 1. The Morgan fingerprint density at radius 2 is 1.92 bits per heavy atom. The van der Waals surface area contributed by atoms with Crippen molar-refractivity contribution in [1.29, 1.82) is 0 Å². The average molecular weight is 202 g/mol. The number of para-hydroxylation sites is 1. The molecule has 1 aromatic rings. The number of hydrogen-bond donors (Lipinski definition) is 4. The van der Waals surface area contributed by atoms with Gasteiger partial charge in [-0.05, 0) is 12.1 Å². The molecular formula is C6H11N4O2P. The molecule has 0 saturated heterocycles. The third-order valence-electron chi connectivity index (χ3n) is 1.48. The highest BCUT2D eigenvalue weighted by Gasteiger charge is 2.23. The molecular weight excluding hydrogens is 191 g/mol. The van der Waals surface area contributed by atoms with E-state index in [4.69, 9.17) is 16.6 Å². The lowest BCUT2D eigenvalue weighted by atomic mass is 10.3. The van der Waals surface area contributed by atoms with Crippen LogP contribution < -0.4 is 21.7 Å². The zero-order valence-corrected chi connectivity index (χ0v) is 7.69. The van der Waals surface area contributed by atoms with Gasteiger partial charge >= 0.3 is 7.67 Å². The summed E-state index contributed by atoms with van der Waals surface area (Å²) in [5.41, 5.74) is 0.409. The average Bonchev–Trinajstić information content (AvgIpc) is 2.18. The maximum atomic E-state index is 11.2. The smallest absolute Gasteiger partial charge is 0.316 e. The lowest BCUT2D eigenvalue weighted by Gasteiger charge is -2.22. The van der Waals surface area contributed by atoms with Crippen LogP contribution in [0.4, 0.5) is 5.69 Å². The molecule has 0 spiro atoms. The van der Waals surface area contributed by atoms with Crippen LogP contribution in [0.2, 0.25) is 0 Å². The minimum atomic E-state index is -3.85. The highest BCUT2D eigenvalue weighted by molar-refractivity contribution is 7.57. The number of hydrazine groups is 2. The monoisotopic (exact) mass is 202 g/mol. The molecule has 1 atom stereocenters. The van der Waals surface area contributed by atoms with Gasteiger partial charge in [0.2, 0.25) is 0 Å². The third-order valence-corrected chi connectivity index (χ3v) is 2.63. The van der Waals surface area contributed by atoms with Gasteiger partial charge in [0, 0.05) is 0 Å². The Kier molecular flexibility index (Phi) is 3.02. The second kappa shape index (κ2) is 3.87. The fourth-order valence-corrected chi connectivity index (χ4v) is 1.37. The van der Waals surface area contributed by atoms with Crippen molar-refractivity contribution in [2.45, 2.75) is 0 Å². The van der Waals surface area contributed by atoms with Gasteiger partial charge in [0.25, 0.3) is 0 Å². The minimum Gasteiger partial charge on any atom is -0.316 e. The standard InChI is InChI=1S/C6H11N4O2P/c7-9-13(11,12)10(8)6-4-2-1-3-5-6/h1-5H,7-8H2,(H2,9,11,12). The molecule has 0 fully saturated rings. The normalized spacial score (nSPS) is 15.0. The summed E-state index contributed by atoms with van der Waals surface area (Å²) in [7, 11) is -3.85. The number of hydrogen-bond acceptors (Lipinski definition) is 3. The highest BCUT2D eigenvalue weighted by atomic mass is 31.2. The van der Waals surface area contributed by atoms with Crippen molar-refractivity contribution in [3.05, 3.63) is 30.3 Å². The second-order valence-electron chi connectivity index (χ2n) is 2.35. The van der Waals surface area contributed by atoms with E-state index in [1.54, 1.807) is 35.5 Å². The zero-order valence-electron chi connectivity index (χ0n) is 6.79. The summed E-state index contributed by atoms with van der Waals surface area (Å²) < 4.78 is 11.9. The number of benzene rings is 1. The Labute approximate surface area is 75.6 Å². The Morgan fingerprint density at radius 3 is 2.38 bits per heavy atom. The summed E-state index contributed by atoms with van der Waals surface area (Å²) >= 11 is 0. The van der Waals surface area contributed by atoms with Gasteiger partial charge in [-0.1, -0.05) is 18.2 Å². The van der Waals surface area contributed by atoms with Crippen molar-refractivity contribution >= 4 is 13.4 Å². The quantitative estimate of drug-likeness (QED) is 0.310. The first-order valence-electron chi connectivity index (χ1n) is 3.49. The predicted molar refractivity (Wildman–Crippen MR) is 50.3 cm³/mol. The summed E-state index contributed by atoms with van der Waals surface area (Å²) in [6.07, 6.45) is 0. The van der Waals surface area contributed by atoms with Crippen molar-refractivity contribution in [3.63, 3.8) is 0 Å². The molecule has 0 radical (unpaired) electrons. The minimum absolute atomic E-state index is 0.409. The summed E-state index contributed by atoms with van der Waals surface area (Å²) in [5, 5.41) is 1.75. The predicted octanol–water partition coefficient (Wildman–Crippen LogP) is -0.0696. The Balaban J connectivity index is 2.92. The van der Waals surface area contributed by atoms with Gasteiger partial charge in [-0.2, -0.15) is 5.20 Å². The topological polar surface area (TPSA) is 105 Å². The van der Waals surface area contributed by atoms with Crippen molar-refractivity contribution in [2.75, 3.05) is 4.78 Å². The third kappa shape index (κ3) is 2.27. The number of nitrogens with two attached hydrogens (primary N) is 2. The molecule has 72 valence electrons. The molecule has 13 heavy (non-hydrogen) atoms. The largest absolute Gasteiger partial charge is 0.392 e. The van der Waals surface area contributed by atoms with Crippen LogP contribution in [0.25, 0.3) is 0 Å². The fourth-order valence-electron chi connectivity index (χ4n) is 0.799. The lowest BCUT2D eigenvalue weighted by molar-refractivity contribution is 0.460. The molecule has 0 aliphatic carbocycles. The highest BCUT2D eigenvalue weighted by Crippen LogP contribution is 2.39. The molecule has 0 amide bonds. The Hall–Kier alpha value is -0.910. The molecule has 6 nitrogen and oxygen atoms in total. The van der Waals surface area contributed by atoms with Gasteiger partial charge in [0.1, 0.15) is 0 Å². The number of rotatable bonds is 3. The molecule has 0 bridgehead atoms. The molecule has 6 N–H and O–H groups in total. The molecule has 0 aromatic heterocycles. The van der Waals surface area contributed by atoms with Gasteiger partial charge in [-0.15, -0.1) is 0 Å². The van der Waals surface area contributed by atoms with Crippen LogP contribution in [0.3, 0.4) is 0 Å². The van der Waals surface area contributed by atoms with Gasteiger partial charge in [0.15, 0.2) is 0 Å². The molecule has 0 aliphatic heterocycles. The van der Waals surface area contributed by atoms with Crippen molar-refractivity contribution in [1.82, 2.24) is 5.20 Å². The summed E-state index contributed by atoms with van der Waals surface area (Å²) in [6.45, 7) is 0. The molecule has 1 unspecified atom stereocenters. The van der Waals surface area contributed by atoms with Crippen LogP contribution in [-0.4, -0.2) is 4.89 Å². The number of nitrogens with one attached hydrogen (secondary N) is 1. The van der Waals surface area contributed by atoms with Crippen LogP contribution in [0.1, 0.15) is 0 Å². The summed E-state index contributed by atoms with van der Waals surface area (Å²) in [6, 6.07) is 8.37. The van der Waals surface area contributed by atoms with Crippen LogP contribution in [-0.2, 0) is 4.57 Å². The van der Waals surface area contributed by atoms with E-state index in [-0.39, 0.29) is 0 Å². The Bertz CT molecular complexity index is 318. The molecule has 0 aliphatic rings. The maximum absolute atomic E-state index is 11.2. The summed E-state index contributed by atoms with van der Waals surface area (Å²) in [4.78, 5) is 9.17. The van der Waals surface area contributed by atoms with Crippen LogP contribution in [0.5, 0.6) is 0 Å². The molecule has 7 heteroatoms. The Morgan fingerprint density at radius 1 is 1.38 bits per heavy atom. The van der Waals surface area contributed by atoms with Gasteiger partial charge in [-0.3, -0.25) is 5.84 Å². The zero-order chi connectivity index (χ0) is 9.90. The SMILES string of the molecule is NNP(=O)(O)N(N)c1ccccc1. The maximum Gasteiger partial charge on any atom is 0.392 e. The van der Waals surface area contributed by atoms with E-state index in [0.29, 0.717) is 10.5 Å². The first-order valence-corrected chi connectivity index (χ1v) is 5.10. The van der Waals surface area contributed by atoms with E-state index >= 15 is 0 Å². The number of nitrogens with zero attached hydrogens (tertiary/aromatic N) is 1. The van der Waals surface area contributed by atoms with Gasteiger partial charge in [0.05, 0.1) is 5.69 Å². The summed E-state index contributed by atoms with van der Waals surface area (Å²) in [5.74, 6) is 10.2. The first-order chi connectivity index (χ1) is 6.08. The molecule has 1 aromatic carbocycles. The molecule has 0 heterocycles. The van der Waals surface area contributed by atoms with E-state index in [1.165, 1.54) is 0 Å². The van der Waals surface area contributed by atoms with Crippen molar-refractivity contribution < 1.29 is 9.46 Å². The van der Waals surface area contributed by atoms with Crippen molar-refractivity contribution in [3.8, 4) is 0 Å². The molecule has 0 saturated carbocycles. The van der Waals surface area contributed by atoms with E-state index in [9.17, 15) is 4.57 Å². The van der Waals surface area contributed by atoms with Crippen LogP contribution >= 0.6 is 7.67 Å². The molecule has 1 rings (SSSR count). The van der Waals surface area contributed by atoms with Crippen molar-refractivity contribution in [2.24, 2.45) is 11.7 Å². The van der Waals surface area contributed by atoms with Gasteiger partial charge < -0.3 is 4.89 Å². The van der Waals surface area contributed by atoms with E-state index in [0.717, 1.165) is 0 Å². The second-order valence-corrected chi connectivity index (χ2v) is 4.13. The van der Waals surface area contributed by atoms with Gasteiger partial charge in [-0.25, -0.2) is 15.2 Å². The lowest BCUT2D eigenvalue weighted by Crippen LogP contribution is -2.36. The van der Waals surface area contributed by atoms with E-state index < -0.39 is 7.67 Å².